The Morgan fingerprint density at radius 2 is 1.94 bits per heavy atom. The second-order valence-corrected chi connectivity index (χ2v) is 8.00. The summed E-state index contributed by atoms with van der Waals surface area (Å²) in [6.07, 6.45) is -1.99. The minimum atomic E-state index is -4.51. The van der Waals surface area contributed by atoms with Gasteiger partial charge in [-0.05, 0) is 33.8 Å². The smallest absolute Gasteiger partial charge is 0.425 e. The first kappa shape index (κ1) is 22.3. The van der Waals surface area contributed by atoms with E-state index < -0.39 is 17.9 Å². The van der Waals surface area contributed by atoms with E-state index in [1.165, 1.54) is 28.1 Å². The lowest BCUT2D eigenvalue weighted by Gasteiger charge is -2.35. The van der Waals surface area contributed by atoms with Crippen LogP contribution < -0.4 is 15.4 Å². The van der Waals surface area contributed by atoms with Crippen LogP contribution in [0.1, 0.15) is 17.2 Å². The number of nitrogens with one attached hydrogen (secondary N) is 1. The van der Waals surface area contributed by atoms with Crippen molar-refractivity contribution in [3.8, 4) is 5.75 Å². The number of fused-ring (bicyclic) bond motifs is 3. The molecule has 1 saturated heterocycles. The highest BCUT2D eigenvalue weighted by Gasteiger charge is 2.45. The molecular formula is C22H22F3N6O3+. The Kier molecular flexibility index (Phi) is 5.70. The number of rotatable bonds is 5. The minimum Gasteiger partial charge on any atom is -0.497 e. The van der Waals surface area contributed by atoms with E-state index in [0.29, 0.717) is 11.1 Å². The van der Waals surface area contributed by atoms with Crippen molar-refractivity contribution >= 4 is 16.7 Å². The molecule has 0 aliphatic carbocycles. The molecule has 4 heterocycles. The number of benzene rings is 1. The SMILES string of the molecule is COc1ccc(Cn2c(=O)n3nc[nH+]c3c3cc(C(N4CCOCC4)C(F)(F)F)cnc32)cc1. The highest BCUT2D eigenvalue weighted by molar-refractivity contribution is 5.87. The molecule has 0 bridgehead atoms. The molecule has 3 aromatic heterocycles. The van der Waals surface area contributed by atoms with Crippen molar-refractivity contribution in [3.05, 3.63) is 64.5 Å². The van der Waals surface area contributed by atoms with Gasteiger partial charge >= 0.3 is 11.9 Å². The van der Waals surface area contributed by atoms with Crippen LogP contribution in [0.5, 0.6) is 5.75 Å². The van der Waals surface area contributed by atoms with Crippen LogP contribution in [0.4, 0.5) is 13.2 Å². The molecule has 1 aliphatic heterocycles. The van der Waals surface area contributed by atoms with E-state index in [-0.39, 0.29) is 49.7 Å². The molecule has 12 heteroatoms. The molecule has 178 valence electrons. The Hall–Kier alpha value is -3.51. The number of ether oxygens (including phenoxy) is 2. The number of hydrogen-bond donors (Lipinski definition) is 0. The summed E-state index contributed by atoms with van der Waals surface area (Å²) in [7, 11) is 1.56. The maximum Gasteiger partial charge on any atom is 0.425 e. The van der Waals surface area contributed by atoms with Gasteiger partial charge in [0.25, 0.3) is 12.0 Å². The number of methoxy groups -OCH3 is 1. The van der Waals surface area contributed by atoms with Crippen LogP contribution in [-0.4, -0.2) is 63.7 Å². The summed E-state index contributed by atoms with van der Waals surface area (Å²) in [4.78, 5) is 21.7. The number of alkyl halides is 3. The number of morpholine rings is 1. The summed E-state index contributed by atoms with van der Waals surface area (Å²) in [6, 6.07) is 6.76. The van der Waals surface area contributed by atoms with E-state index in [1.807, 2.05) is 12.1 Å². The number of aromatic nitrogens is 5. The van der Waals surface area contributed by atoms with E-state index in [9.17, 15) is 18.0 Å². The number of H-pyrrole nitrogens is 1. The number of aromatic amines is 1. The van der Waals surface area contributed by atoms with Crippen LogP contribution in [0.2, 0.25) is 0 Å². The predicted molar refractivity (Wildman–Crippen MR) is 115 cm³/mol. The van der Waals surface area contributed by atoms with Crippen LogP contribution in [0.25, 0.3) is 16.7 Å². The molecule has 9 nitrogen and oxygen atoms in total. The minimum absolute atomic E-state index is 0.00644. The predicted octanol–water partition coefficient (Wildman–Crippen LogP) is 1.85. The third-order valence-electron chi connectivity index (χ3n) is 5.93. The lowest BCUT2D eigenvalue weighted by molar-refractivity contribution is -0.345. The van der Waals surface area contributed by atoms with Gasteiger partial charge in [-0.15, -0.1) is 0 Å². The largest absolute Gasteiger partial charge is 0.497 e. The monoisotopic (exact) mass is 475 g/mol. The lowest BCUT2D eigenvalue weighted by atomic mass is 10.0. The first-order chi connectivity index (χ1) is 16.4. The third kappa shape index (κ3) is 3.99. The number of pyridine rings is 1. The number of nitrogens with zero attached hydrogens (tertiary/aromatic N) is 5. The Morgan fingerprint density at radius 3 is 2.62 bits per heavy atom. The van der Waals surface area contributed by atoms with Crippen LogP contribution in [-0.2, 0) is 11.3 Å². The molecular weight excluding hydrogens is 453 g/mol. The average Bonchev–Trinajstić information content (AvgIpc) is 3.33. The summed E-state index contributed by atoms with van der Waals surface area (Å²) in [6.45, 7) is 0.944. The first-order valence-electron chi connectivity index (χ1n) is 10.7. The summed E-state index contributed by atoms with van der Waals surface area (Å²) >= 11 is 0. The summed E-state index contributed by atoms with van der Waals surface area (Å²) in [5, 5.41) is 4.41. The van der Waals surface area contributed by atoms with Crippen molar-refractivity contribution in [2.45, 2.75) is 18.8 Å². The quantitative estimate of drug-likeness (QED) is 0.438. The Balaban J connectivity index is 1.65. The van der Waals surface area contributed by atoms with Gasteiger partial charge in [-0.1, -0.05) is 12.1 Å². The second kappa shape index (κ2) is 8.69. The molecule has 1 fully saturated rings. The standard InChI is InChI=1S/C22H21F3N6O3/c1-33-16-4-2-14(3-5-16)12-30-19-17(20-27-13-28-31(20)21(30)32)10-15(11-26-19)18(22(23,24)25)29-6-8-34-9-7-29/h2-5,10-11,13,18H,6-9,12H2,1H3/p+1. The van der Waals surface area contributed by atoms with Gasteiger partial charge in [0.1, 0.15) is 11.8 Å². The molecule has 0 saturated carbocycles. The van der Waals surface area contributed by atoms with Crippen molar-refractivity contribution in [2.24, 2.45) is 0 Å². The normalized spacial score (nSPS) is 16.2. The van der Waals surface area contributed by atoms with Crippen molar-refractivity contribution in [1.29, 1.82) is 0 Å². The van der Waals surface area contributed by atoms with Crippen LogP contribution in [0.3, 0.4) is 0 Å². The molecule has 1 aromatic carbocycles. The molecule has 5 rings (SSSR count). The van der Waals surface area contributed by atoms with Gasteiger partial charge in [0, 0.05) is 24.4 Å². The van der Waals surface area contributed by atoms with Gasteiger partial charge < -0.3 is 9.47 Å². The van der Waals surface area contributed by atoms with Gasteiger partial charge in [-0.2, -0.15) is 13.2 Å². The summed E-state index contributed by atoms with van der Waals surface area (Å²) in [5.74, 6) is 0.669. The van der Waals surface area contributed by atoms with Gasteiger partial charge in [0.2, 0.25) is 0 Å². The van der Waals surface area contributed by atoms with Crippen molar-refractivity contribution in [3.63, 3.8) is 0 Å². The molecule has 34 heavy (non-hydrogen) atoms. The summed E-state index contributed by atoms with van der Waals surface area (Å²) in [5.41, 5.74) is 0.875. The highest BCUT2D eigenvalue weighted by Crippen LogP contribution is 2.38. The Bertz CT molecular complexity index is 1380. The highest BCUT2D eigenvalue weighted by atomic mass is 19.4. The first-order valence-corrected chi connectivity index (χ1v) is 10.7. The van der Waals surface area contributed by atoms with Gasteiger partial charge in [0.05, 0.1) is 32.3 Å². The van der Waals surface area contributed by atoms with E-state index in [0.717, 1.165) is 10.1 Å². The van der Waals surface area contributed by atoms with Crippen LogP contribution >= 0.6 is 0 Å². The van der Waals surface area contributed by atoms with Crippen molar-refractivity contribution < 1.29 is 27.6 Å². The van der Waals surface area contributed by atoms with E-state index >= 15 is 0 Å². The lowest BCUT2D eigenvalue weighted by Crippen LogP contribution is -2.45. The maximum absolute atomic E-state index is 14.1. The molecule has 0 radical (unpaired) electrons. The fourth-order valence-corrected chi connectivity index (χ4v) is 4.32. The topological polar surface area (TPSA) is 88.0 Å². The average molecular weight is 475 g/mol. The second-order valence-electron chi connectivity index (χ2n) is 8.00. The molecule has 4 aromatic rings. The number of halogens is 3. The molecule has 1 N–H and O–H groups in total. The Labute approximate surface area is 191 Å². The van der Waals surface area contributed by atoms with Crippen molar-refractivity contribution in [2.75, 3.05) is 33.4 Å². The van der Waals surface area contributed by atoms with Gasteiger partial charge in [-0.3, -0.25) is 9.47 Å². The molecule has 1 atom stereocenters. The van der Waals surface area contributed by atoms with Crippen LogP contribution in [0, 0.1) is 0 Å². The van der Waals surface area contributed by atoms with Gasteiger partial charge in [0.15, 0.2) is 5.65 Å². The van der Waals surface area contributed by atoms with E-state index in [4.69, 9.17) is 9.47 Å². The zero-order valence-electron chi connectivity index (χ0n) is 18.2. The fraction of sp³-hybridized carbons (Fsp3) is 0.364. The van der Waals surface area contributed by atoms with E-state index in [2.05, 4.69) is 15.1 Å². The molecule has 0 amide bonds. The number of hydrogen-bond acceptors (Lipinski definition) is 6. The zero-order chi connectivity index (χ0) is 23.9. The maximum atomic E-state index is 14.1. The van der Waals surface area contributed by atoms with Gasteiger partial charge in [-0.25, -0.2) is 14.8 Å². The van der Waals surface area contributed by atoms with E-state index in [1.54, 1.807) is 19.2 Å². The molecule has 0 spiro atoms. The van der Waals surface area contributed by atoms with Crippen molar-refractivity contribution in [1.82, 2.24) is 24.1 Å². The summed E-state index contributed by atoms with van der Waals surface area (Å²) < 4.78 is 55.3. The molecule has 1 aliphatic rings. The fourth-order valence-electron chi connectivity index (χ4n) is 4.32. The Morgan fingerprint density at radius 1 is 1.21 bits per heavy atom. The zero-order valence-corrected chi connectivity index (χ0v) is 18.2. The third-order valence-corrected chi connectivity index (χ3v) is 5.93. The van der Waals surface area contributed by atoms with Crippen LogP contribution in [0.15, 0.2) is 47.7 Å². The molecule has 1 unspecified atom stereocenters.